The number of nitrogens with one attached hydrogen (secondary N) is 1. The van der Waals surface area contributed by atoms with Gasteiger partial charge in [-0.05, 0) is 47.7 Å². The van der Waals surface area contributed by atoms with Crippen LogP contribution in [0.5, 0.6) is 0 Å². The molecule has 0 aliphatic rings. The number of nitrogens with zero attached hydrogens (tertiary/aromatic N) is 1. The van der Waals surface area contributed by atoms with E-state index in [0.717, 1.165) is 22.4 Å². The summed E-state index contributed by atoms with van der Waals surface area (Å²) in [5.41, 5.74) is 7.53. The second-order valence-corrected chi connectivity index (χ2v) is 6.51. The van der Waals surface area contributed by atoms with E-state index in [-0.39, 0.29) is 6.04 Å². The third-order valence-corrected chi connectivity index (χ3v) is 4.49. The van der Waals surface area contributed by atoms with Gasteiger partial charge in [-0.15, -0.1) is 11.3 Å². The number of hydrogen-bond acceptors (Lipinski definition) is 4. The molecule has 0 spiro atoms. The van der Waals surface area contributed by atoms with E-state index in [1.165, 1.54) is 4.88 Å². The minimum atomic E-state index is 0.281. The highest BCUT2D eigenvalue weighted by molar-refractivity contribution is 7.10. The van der Waals surface area contributed by atoms with Crippen molar-refractivity contribution in [3.05, 3.63) is 52.7 Å². The summed E-state index contributed by atoms with van der Waals surface area (Å²) in [6.45, 7) is 4.44. The van der Waals surface area contributed by atoms with Crippen molar-refractivity contribution >= 4 is 33.7 Å². The van der Waals surface area contributed by atoms with E-state index in [1.54, 1.807) is 11.3 Å². The zero-order valence-electron chi connectivity index (χ0n) is 12.2. The average Bonchev–Trinajstić information content (AvgIpc) is 2.98. The van der Waals surface area contributed by atoms with E-state index >= 15 is 0 Å². The van der Waals surface area contributed by atoms with E-state index in [9.17, 15) is 0 Å². The predicted molar refractivity (Wildman–Crippen MR) is 91.7 cm³/mol. The fourth-order valence-corrected chi connectivity index (χ4v) is 3.37. The van der Waals surface area contributed by atoms with Crippen LogP contribution >= 0.6 is 11.3 Å². The lowest BCUT2D eigenvalue weighted by Crippen LogP contribution is -2.16. The number of hydrogen-bond donors (Lipinski definition) is 2. The molecular formula is C17H19N3S. The Hall–Kier alpha value is -2.07. The van der Waals surface area contributed by atoms with Gasteiger partial charge in [-0.1, -0.05) is 19.9 Å². The number of thiophene rings is 1. The molecule has 2 heterocycles. The molecular weight excluding hydrogens is 278 g/mol. The van der Waals surface area contributed by atoms with Gasteiger partial charge in [0.15, 0.2) is 0 Å². The summed E-state index contributed by atoms with van der Waals surface area (Å²) in [5, 5.41) is 6.74. The minimum Gasteiger partial charge on any atom is -0.399 e. The number of rotatable bonds is 4. The molecule has 3 rings (SSSR count). The summed E-state index contributed by atoms with van der Waals surface area (Å²) in [6, 6.07) is 14.4. The molecule has 3 N–H and O–H groups in total. The maximum absolute atomic E-state index is 5.80. The molecule has 0 saturated carbocycles. The topological polar surface area (TPSA) is 50.9 Å². The van der Waals surface area contributed by atoms with Crippen molar-refractivity contribution in [3.8, 4) is 0 Å². The first-order valence-electron chi connectivity index (χ1n) is 7.10. The van der Waals surface area contributed by atoms with Gasteiger partial charge in [0.25, 0.3) is 0 Å². The normalized spacial score (nSPS) is 12.7. The number of anilines is 2. The van der Waals surface area contributed by atoms with Crippen LogP contribution in [0.15, 0.2) is 47.8 Å². The number of nitrogens with two attached hydrogens (primary N) is 1. The van der Waals surface area contributed by atoms with Crippen LogP contribution in [0.3, 0.4) is 0 Å². The molecule has 4 heteroatoms. The Kier molecular flexibility index (Phi) is 3.80. The minimum absolute atomic E-state index is 0.281. The van der Waals surface area contributed by atoms with Gasteiger partial charge in [-0.2, -0.15) is 0 Å². The van der Waals surface area contributed by atoms with Crippen molar-refractivity contribution in [2.45, 2.75) is 19.9 Å². The average molecular weight is 297 g/mol. The van der Waals surface area contributed by atoms with Gasteiger partial charge in [0.05, 0.1) is 11.6 Å². The standard InChI is InChI=1S/C17H19N3S/c1-11(2)17(15-4-3-9-21-15)20-16-8-5-12-10-13(18)6-7-14(12)19-16/h3-11,17H,18H2,1-2H3,(H,19,20). The zero-order chi connectivity index (χ0) is 14.8. The Balaban J connectivity index is 1.91. The number of benzene rings is 1. The van der Waals surface area contributed by atoms with Gasteiger partial charge in [-0.3, -0.25) is 0 Å². The van der Waals surface area contributed by atoms with Crippen LogP contribution in [-0.4, -0.2) is 4.98 Å². The maximum atomic E-state index is 5.80. The molecule has 0 bridgehead atoms. The molecule has 3 nitrogen and oxygen atoms in total. The van der Waals surface area contributed by atoms with Gasteiger partial charge in [-0.25, -0.2) is 4.98 Å². The fraction of sp³-hybridized carbons (Fsp3) is 0.235. The molecule has 0 aliphatic heterocycles. The van der Waals surface area contributed by atoms with Crippen LogP contribution in [0, 0.1) is 5.92 Å². The van der Waals surface area contributed by atoms with Crippen molar-refractivity contribution in [2.24, 2.45) is 5.92 Å². The van der Waals surface area contributed by atoms with Gasteiger partial charge in [0.2, 0.25) is 0 Å². The smallest absolute Gasteiger partial charge is 0.127 e. The quantitative estimate of drug-likeness (QED) is 0.687. The van der Waals surface area contributed by atoms with Crippen LogP contribution in [0.1, 0.15) is 24.8 Å². The van der Waals surface area contributed by atoms with Crippen LogP contribution in [0.4, 0.5) is 11.5 Å². The molecule has 1 unspecified atom stereocenters. The third kappa shape index (κ3) is 3.00. The number of pyridine rings is 1. The predicted octanol–water partition coefficient (Wildman–Crippen LogP) is 4.69. The molecule has 108 valence electrons. The van der Waals surface area contributed by atoms with E-state index in [1.807, 2.05) is 24.3 Å². The third-order valence-electron chi connectivity index (χ3n) is 3.53. The number of aromatic nitrogens is 1. The van der Waals surface area contributed by atoms with Crippen molar-refractivity contribution < 1.29 is 0 Å². The summed E-state index contributed by atoms with van der Waals surface area (Å²) < 4.78 is 0. The van der Waals surface area contributed by atoms with E-state index in [4.69, 9.17) is 5.73 Å². The molecule has 2 aromatic heterocycles. The van der Waals surface area contributed by atoms with E-state index < -0.39 is 0 Å². The fourth-order valence-electron chi connectivity index (χ4n) is 2.42. The van der Waals surface area contributed by atoms with Crippen LogP contribution in [-0.2, 0) is 0 Å². The van der Waals surface area contributed by atoms with Crippen LogP contribution in [0.25, 0.3) is 10.9 Å². The van der Waals surface area contributed by atoms with Crippen molar-refractivity contribution in [1.29, 1.82) is 0 Å². The van der Waals surface area contributed by atoms with Crippen LogP contribution < -0.4 is 11.1 Å². The molecule has 1 aromatic carbocycles. The van der Waals surface area contributed by atoms with Crippen LogP contribution in [0.2, 0.25) is 0 Å². The van der Waals surface area contributed by atoms with Gasteiger partial charge < -0.3 is 11.1 Å². The molecule has 21 heavy (non-hydrogen) atoms. The Morgan fingerprint density at radius 1 is 1.14 bits per heavy atom. The Labute approximate surface area is 128 Å². The molecule has 1 atom stereocenters. The molecule has 0 fully saturated rings. The Morgan fingerprint density at radius 2 is 2.00 bits per heavy atom. The van der Waals surface area contributed by atoms with Gasteiger partial charge >= 0.3 is 0 Å². The maximum Gasteiger partial charge on any atom is 0.127 e. The summed E-state index contributed by atoms with van der Waals surface area (Å²) >= 11 is 1.78. The summed E-state index contributed by atoms with van der Waals surface area (Å²) in [4.78, 5) is 6.02. The second kappa shape index (κ2) is 5.74. The molecule has 0 radical (unpaired) electrons. The van der Waals surface area contributed by atoms with Crippen molar-refractivity contribution in [2.75, 3.05) is 11.1 Å². The van der Waals surface area contributed by atoms with Gasteiger partial charge in [0, 0.05) is 16.0 Å². The highest BCUT2D eigenvalue weighted by Crippen LogP contribution is 2.29. The largest absolute Gasteiger partial charge is 0.399 e. The molecule has 0 aliphatic carbocycles. The zero-order valence-corrected chi connectivity index (χ0v) is 13.0. The van der Waals surface area contributed by atoms with E-state index in [0.29, 0.717) is 5.92 Å². The summed E-state index contributed by atoms with van der Waals surface area (Å²) in [5.74, 6) is 1.40. The molecule has 3 aromatic rings. The summed E-state index contributed by atoms with van der Waals surface area (Å²) in [7, 11) is 0. The highest BCUT2D eigenvalue weighted by Gasteiger charge is 2.17. The Bertz CT molecular complexity index is 735. The highest BCUT2D eigenvalue weighted by atomic mass is 32.1. The SMILES string of the molecule is CC(C)C(Nc1ccc2cc(N)ccc2n1)c1cccs1. The first kappa shape index (κ1) is 13.9. The van der Waals surface area contributed by atoms with E-state index in [2.05, 4.69) is 47.7 Å². The first-order valence-corrected chi connectivity index (χ1v) is 7.97. The Morgan fingerprint density at radius 3 is 2.71 bits per heavy atom. The number of nitrogen functional groups attached to an aromatic ring is 1. The summed E-state index contributed by atoms with van der Waals surface area (Å²) in [6.07, 6.45) is 0. The molecule has 0 saturated heterocycles. The van der Waals surface area contributed by atoms with Crippen molar-refractivity contribution in [1.82, 2.24) is 4.98 Å². The lowest BCUT2D eigenvalue weighted by Gasteiger charge is -2.22. The lowest BCUT2D eigenvalue weighted by atomic mass is 10.0. The first-order chi connectivity index (χ1) is 10.1. The van der Waals surface area contributed by atoms with Crippen molar-refractivity contribution in [3.63, 3.8) is 0 Å². The second-order valence-electron chi connectivity index (χ2n) is 5.53. The number of fused-ring (bicyclic) bond motifs is 1. The lowest BCUT2D eigenvalue weighted by molar-refractivity contribution is 0.552. The molecule has 0 amide bonds. The monoisotopic (exact) mass is 297 g/mol. The van der Waals surface area contributed by atoms with Gasteiger partial charge in [0.1, 0.15) is 5.82 Å².